The van der Waals surface area contributed by atoms with Gasteiger partial charge in [-0.15, -0.1) is 0 Å². The Bertz CT molecular complexity index is 871. The topological polar surface area (TPSA) is 78.9 Å². The number of halogens is 1. The van der Waals surface area contributed by atoms with Crippen LogP contribution >= 0.6 is 15.9 Å². The van der Waals surface area contributed by atoms with Gasteiger partial charge in [0, 0.05) is 17.6 Å². The van der Waals surface area contributed by atoms with E-state index in [1.54, 1.807) is 24.3 Å². The van der Waals surface area contributed by atoms with Crippen molar-refractivity contribution >= 4 is 27.8 Å². The second-order valence-electron chi connectivity index (χ2n) is 7.31. The van der Waals surface area contributed by atoms with Crippen LogP contribution in [-0.2, 0) is 16.1 Å². The summed E-state index contributed by atoms with van der Waals surface area (Å²) < 4.78 is 5.69. The van der Waals surface area contributed by atoms with Crippen LogP contribution in [0.15, 0.2) is 53.0 Å². The zero-order chi connectivity index (χ0) is 21.0. The molecule has 1 saturated heterocycles. The summed E-state index contributed by atoms with van der Waals surface area (Å²) in [5, 5.41) is 13.2. The minimum Gasteiger partial charge on any atom is -0.465 e. The largest absolute Gasteiger partial charge is 0.465 e. The standard InChI is InChI=1S/C22H25BrN2O4/c1-14(16-6-8-17(9-7-16)22(28)29-2)24-21(27)20-11-19(26)13-25(20)12-15-4-3-5-18(23)10-15/h3-10,14,19-20,26H,11-13H2,1-2H3,(H,24,27)/t14-,19+,20+/m0/s1. The Morgan fingerprint density at radius 3 is 2.66 bits per heavy atom. The van der Waals surface area contributed by atoms with E-state index in [2.05, 4.69) is 21.2 Å². The van der Waals surface area contributed by atoms with Gasteiger partial charge in [0.2, 0.25) is 5.91 Å². The second kappa shape index (κ2) is 9.52. The Balaban J connectivity index is 1.65. The smallest absolute Gasteiger partial charge is 0.337 e. The first-order valence-corrected chi connectivity index (χ1v) is 10.3. The predicted octanol–water partition coefficient (Wildman–Crippen LogP) is 3.05. The van der Waals surface area contributed by atoms with Crippen molar-refractivity contribution in [2.45, 2.75) is 38.1 Å². The SMILES string of the molecule is COC(=O)c1ccc([C@H](C)NC(=O)[C@H]2C[C@@H](O)CN2Cc2cccc(Br)c2)cc1. The van der Waals surface area contributed by atoms with E-state index in [9.17, 15) is 14.7 Å². The molecule has 6 nitrogen and oxygen atoms in total. The van der Waals surface area contributed by atoms with Crippen LogP contribution in [0.4, 0.5) is 0 Å². The van der Waals surface area contributed by atoms with E-state index in [0.29, 0.717) is 25.1 Å². The first-order chi connectivity index (χ1) is 13.9. The van der Waals surface area contributed by atoms with E-state index >= 15 is 0 Å². The van der Waals surface area contributed by atoms with Gasteiger partial charge in [-0.25, -0.2) is 4.79 Å². The van der Waals surface area contributed by atoms with Gasteiger partial charge in [0.25, 0.3) is 0 Å². The van der Waals surface area contributed by atoms with Crippen LogP contribution in [0.1, 0.15) is 40.9 Å². The van der Waals surface area contributed by atoms with Crippen molar-refractivity contribution in [2.75, 3.05) is 13.7 Å². The average molecular weight is 461 g/mol. The number of aliphatic hydroxyl groups excluding tert-OH is 1. The number of carbonyl (C=O) groups is 2. The lowest BCUT2D eigenvalue weighted by atomic mass is 10.1. The van der Waals surface area contributed by atoms with Gasteiger partial charge in [0.1, 0.15) is 0 Å². The molecule has 0 aromatic heterocycles. The molecule has 0 spiro atoms. The number of benzene rings is 2. The van der Waals surface area contributed by atoms with Crippen molar-refractivity contribution in [1.82, 2.24) is 10.2 Å². The van der Waals surface area contributed by atoms with Crippen molar-refractivity contribution in [3.05, 3.63) is 69.7 Å². The molecule has 0 aliphatic carbocycles. The molecule has 2 N–H and O–H groups in total. The minimum atomic E-state index is -0.521. The average Bonchev–Trinajstić information content (AvgIpc) is 3.07. The number of likely N-dealkylation sites (tertiary alicyclic amines) is 1. The Hall–Kier alpha value is -2.22. The van der Waals surface area contributed by atoms with Gasteiger partial charge in [0.05, 0.1) is 30.9 Å². The summed E-state index contributed by atoms with van der Waals surface area (Å²) in [6.07, 6.45) is -0.110. The number of carbonyl (C=O) groups excluding carboxylic acids is 2. The molecule has 1 amide bonds. The molecular formula is C22H25BrN2O4. The molecule has 0 unspecified atom stereocenters. The quantitative estimate of drug-likeness (QED) is 0.647. The highest BCUT2D eigenvalue weighted by molar-refractivity contribution is 9.10. The fourth-order valence-electron chi connectivity index (χ4n) is 3.62. The molecule has 1 heterocycles. The lowest BCUT2D eigenvalue weighted by molar-refractivity contribution is -0.126. The summed E-state index contributed by atoms with van der Waals surface area (Å²) >= 11 is 3.47. The minimum absolute atomic E-state index is 0.110. The number of rotatable bonds is 6. The van der Waals surface area contributed by atoms with Gasteiger partial charge >= 0.3 is 5.97 Å². The van der Waals surface area contributed by atoms with Crippen LogP contribution in [-0.4, -0.2) is 47.7 Å². The summed E-state index contributed by atoms with van der Waals surface area (Å²) in [5.74, 6) is -0.502. The number of hydrogen-bond donors (Lipinski definition) is 2. The van der Waals surface area contributed by atoms with Crippen molar-refractivity contribution < 1.29 is 19.4 Å². The highest BCUT2D eigenvalue weighted by Gasteiger charge is 2.36. The van der Waals surface area contributed by atoms with Crippen LogP contribution in [0.3, 0.4) is 0 Å². The van der Waals surface area contributed by atoms with Crippen molar-refractivity contribution in [2.24, 2.45) is 0 Å². The number of ether oxygens (including phenoxy) is 1. The number of methoxy groups -OCH3 is 1. The fraction of sp³-hybridized carbons (Fsp3) is 0.364. The molecule has 0 radical (unpaired) electrons. The number of aliphatic hydroxyl groups is 1. The van der Waals surface area contributed by atoms with E-state index in [-0.39, 0.29) is 18.0 Å². The number of hydrogen-bond acceptors (Lipinski definition) is 5. The van der Waals surface area contributed by atoms with Gasteiger partial charge in [0.15, 0.2) is 0 Å². The predicted molar refractivity (Wildman–Crippen MR) is 113 cm³/mol. The maximum Gasteiger partial charge on any atom is 0.337 e. The molecule has 3 rings (SSSR count). The van der Waals surface area contributed by atoms with Gasteiger partial charge in [-0.05, 0) is 48.7 Å². The molecule has 29 heavy (non-hydrogen) atoms. The highest BCUT2D eigenvalue weighted by atomic mass is 79.9. The lowest BCUT2D eigenvalue weighted by Gasteiger charge is -2.25. The summed E-state index contributed by atoms with van der Waals surface area (Å²) in [6, 6.07) is 14.3. The lowest BCUT2D eigenvalue weighted by Crippen LogP contribution is -2.43. The van der Waals surface area contributed by atoms with Gasteiger partial charge < -0.3 is 15.2 Å². The number of nitrogens with one attached hydrogen (secondary N) is 1. The molecule has 0 saturated carbocycles. The normalized spacial score (nSPS) is 20.3. The van der Waals surface area contributed by atoms with E-state index in [1.165, 1.54) is 7.11 Å². The number of esters is 1. The van der Waals surface area contributed by atoms with Crippen LogP contribution in [0.25, 0.3) is 0 Å². The molecule has 7 heteroatoms. The second-order valence-corrected chi connectivity index (χ2v) is 8.22. The van der Waals surface area contributed by atoms with Crippen LogP contribution in [0, 0.1) is 0 Å². The third-order valence-corrected chi connectivity index (χ3v) is 5.64. The third kappa shape index (κ3) is 5.44. The van der Waals surface area contributed by atoms with Gasteiger partial charge in [-0.3, -0.25) is 9.69 Å². The molecule has 1 aliphatic rings. The molecule has 2 aromatic rings. The van der Waals surface area contributed by atoms with Crippen LogP contribution in [0.5, 0.6) is 0 Å². The first kappa shape index (κ1) is 21.5. The Kier molecular flexibility index (Phi) is 7.05. The van der Waals surface area contributed by atoms with Gasteiger partial charge in [-0.1, -0.05) is 40.2 Å². The molecule has 1 fully saturated rings. The fourth-order valence-corrected chi connectivity index (χ4v) is 4.06. The van der Waals surface area contributed by atoms with E-state index in [1.807, 2.05) is 36.1 Å². The monoisotopic (exact) mass is 460 g/mol. The van der Waals surface area contributed by atoms with Crippen molar-refractivity contribution in [1.29, 1.82) is 0 Å². The third-order valence-electron chi connectivity index (χ3n) is 5.15. The van der Waals surface area contributed by atoms with Gasteiger partial charge in [-0.2, -0.15) is 0 Å². The van der Waals surface area contributed by atoms with Crippen LogP contribution < -0.4 is 5.32 Å². The summed E-state index contributed by atoms with van der Waals surface area (Å²) in [4.78, 5) is 26.5. The highest BCUT2D eigenvalue weighted by Crippen LogP contribution is 2.23. The summed E-state index contributed by atoms with van der Waals surface area (Å²) in [6.45, 7) is 2.96. The molecule has 3 atom stereocenters. The van der Waals surface area contributed by atoms with Crippen LogP contribution in [0.2, 0.25) is 0 Å². The molecule has 0 bridgehead atoms. The molecule has 1 aliphatic heterocycles. The van der Waals surface area contributed by atoms with E-state index in [4.69, 9.17) is 4.74 Å². The maximum atomic E-state index is 12.9. The first-order valence-electron chi connectivity index (χ1n) is 9.52. The zero-order valence-corrected chi connectivity index (χ0v) is 18.1. The molecule has 2 aromatic carbocycles. The maximum absolute atomic E-state index is 12.9. The molecular weight excluding hydrogens is 436 g/mol. The zero-order valence-electron chi connectivity index (χ0n) is 16.5. The Morgan fingerprint density at radius 2 is 2.00 bits per heavy atom. The Labute approximate surface area is 179 Å². The molecule has 154 valence electrons. The number of amides is 1. The van der Waals surface area contributed by atoms with E-state index < -0.39 is 12.1 Å². The van der Waals surface area contributed by atoms with Crippen molar-refractivity contribution in [3.8, 4) is 0 Å². The Morgan fingerprint density at radius 1 is 1.28 bits per heavy atom. The van der Waals surface area contributed by atoms with E-state index in [0.717, 1.165) is 15.6 Å². The number of β-amino-alcohol motifs (C(OH)–C–C–N with tert-alkyl or cyclic N) is 1. The summed E-state index contributed by atoms with van der Waals surface area (Å²) in [7, 11) is 1.34. The number of nitrogens with zero attached hydrogens (tertiary/aromatic N) is 1. The van der Waals surface area contributed by atoms with Crippen molar-refractivity contribution in [3.63, 3.8) is 0 Å². The summed E-state index contributed by atoms with van der Waals surface area (Å²) in [5.41, 5.74) is 2.44.